The molecule has 2 aromatic carbocycles. The zero-order valence-corrected chi connectivity index (χ0v) is 19.1. The molecule has 0 radical (unpaired) electrons. The van der Waals surface area contributed by atoms with Crippen LogP contribution in [0.25, 0.3) is 0 Å². The average Bonchev–Trinajstić information content (AvgIpc) is 2.69. The lowest BCUT2D eigenvalue weighted by atomic mass is 9.91. The highest BCUT2D eigenvalue weighted by atomic mass is 35.5. The molecule has 0 bridgehead atoms. The topological polar surface area (TPSA) is 78.5 Å². The highest BCUT2D eigenvalue weighted by molar-refractivity contribution is 7.89. The summed E-state index contributed by atoms with van der Waals surface area (Å²) in [5.74, 6) is 0.0127. The lowest BCUT2D eigenvalue weighted by Gasteiger charge is -2.32. The number of carbonyl (C=O) groups is 1. The van der Waals surface area contributed by atoms with Crippen molar-refractivity contribution >= 4 is 33.2 Å². The van der Waals surface area contributed by atoms with Crippen molar-refractivity contribution in [2.75, 3.05) is 25.5 Å². The van der Waals surface area contributed by atoms with Gasteiger partial charge in [-0.3, -0.25) is 4.79 Å². The molecule has 1 aliphatic heterocycles. The second-order valence-electron chi connectivity index (χ2n) is 7.96. The van der Waals surface area contributed by atoms with Crippen molar-refractivity contribution in [1.29, 1.82) is 0 Å². The van der Waals surface area contributed by atoms with Gasteiger partial charge >= 0.3 is 0 Å². The third-order valence-electron chi connectivity index (χ3n) is 5.70. The Bertz CT molecular complexity index is 1020. The summed E-state index contributed by atoms with van der Waals surface area (Å²) >= 11 is 6.30. The Morgan fingerprint density at radius 3 is 2.47 bits per heavy atom. The van der Waals surface area contributed by atoms with E-state index in [4.69, 9.17) is 11.6 Å². The molecule has 0 spiro atoms. The Morgan fingerprint density at radius 2 is 1.83 bits per heavy atom. The van der Waals surface area contributed by atoms with Gasteiger partial charge in [0.1, 0.15) is 0 Å². The molecule has 1 saturated heterocycles. The molecule has 8 heteroatoms. The van der Waals surface area contributed by atoms with Gasteiger partial charge in [0.2, 0.25) is 10.0 Å². The molecule has 2 aromatic rings. The summed E-state index contributed by atoms with van der Waals surface area (Å²) in [4.78, 5) is 14.8. The molecule has 1 fully saturated rings. The standard InChI is InChI=1S/C22H28ClN3O3S/c1-15-6-4-5-7-19(15)22(27)24-21-9-8-18(14-20(21)23)30(28,29)25-16(2)17-10-12-26(3)13-11-17/h4-9,14,16-17,25H,10-13H2,1-3H3,(H,24,27). The van der Waals surface area contributed by atoms with Crippen LogP contribution in [0.2, 0.25) is 5.02 Å². The summed E-state index contributed by atoms with van der Waals surface area (Å²) in [6, 6.07) is 11.4. The second kappa shape index (κ2) is 9.47. The first-order valence-electron chi connectivity index (χ1n) is 10.0. The number of piperidine rings is 1. The predicted molar refractivity (Wildman–Crippen MR) is 121 cm³/mol. The number of amides is 1. The van der Waals surface area contributed by atoms with Crippen molar-refractivity contribution in [1.82, 2.24) is 9.62 Å². The molecule has 1 atom stereocenters. The molecule has 1 unspecified atom stereocenters. The van der Waals surface area contributed by atoms with Crippen LogP contribution < -0.4 is 10.0 Å². The fourth-order valence-electron chi connectivity index (χ4n) is 3.72. The van der Waals surface area contributed by atoms with Gasteiger partial charge < -0.3 is 10.2 Å². The SMILES string of the molecule is Cc1ccccc1C(=O)Nc1ccc(S(=O)(=O)NC(C)C2CCN(C)CC2)cc1Cl. The summed E-state index contributed by atoms with van der Waals surface area (Å²) in [5, 5.41) is 2.92. The summed E-state index contributed by atoms with van der Waals surface area (Å²) in [5.41, 5.74) is 1.75. The van der Waals surface area contributed by atoms with E-state index in [0.717, 1.165) is 31.5 Å². The number of aryl methyl sites for hydroxylation is 1. The summed E-state index contributed by atoms with van der Waals surface area (Å²) in [6.07, 6.45) is 1.93. The molecule has 30 heavy (non-hydrogen) atoms. The van der Waals surface area contributed by atoms with Gasteiger partial charge in [-0.05, 0) is 82.6 Å². The Hall–Kier alpha value is -1.93. The lowest BCUT2D eigenvalue weighted by Crippen LogP contribution is -2.42. The van der Waals surface area contributed by atoms with Gasteiger partial charge in [-0.1, -0.05) is 29.8 Å². The first-order valence-corrected chi connectivity index (χ1v) is 11.9. The number of hydrogen-bond acceptors (Lipinski definition) is 4. The number of rotatable bonds is 6. The predicted octanol–water partition coefficient (Wildman–Crippen LogP) is 3.91. The zero-order chi connectivity index (χ0) is 21.9. The van der Waals surface area contributed by atoms with E-state index < -0.39 is 10.0 Å². The van der Waals surface area contributed by atoms with E-state index in [-0.39, 0.29) is 21.9 Å². The smallest absolute Gasteiger partial charge is 0.255 e. The molecule has 162 valence electrons. The number of carbonyl (C=O) groups excluding carboxylic acids is 1. The summed E-state index contributed by atoms with van der Waals surface area (Å²) < 4.78 is 28.5. The maximum absolute atomic E-state index is 12.8. The van der Waals surface area contributed by atoms with Crippen molar-refractivity contribution in [3.63, 3.8) is 0 Å². The monoisotopic (exact) mass is 449 g/mol. The van der Waals surface area contributed by atoms with Gasteiger partial charge in [0, 0.05) is 11.6 Å². The lowest BCUT2D eigenvalue weighted by molar-refractivity contribution is 0.102. The maximum atomic E-state index is 12.8. The number of benzene rings is 2. The second-order valence-corrected chi connectivity index (χ2v) is 10.1. The fraction of sp³-hybridized carbons (Fsp3) is 0.409. The van der Waals surface area contributed by atoms with Gasteiger partial charge in [-0.25, -0.2) is 13.1 Å². The molecule has 2 N–H and O–H groups in total. The number of hydrogen-bond donors (Lipinski definition) is 2. The number of halogens is 1. The third kappa shape index (κ3) is 5.40. The van der Waals surface area contributed by atoms with Gasteiger partial charge in [-0.2, -0.15) is 0 Å². The van der Waals surface area contributed by atoms with E-state index in [9.17, 15) is 13.2 Å². The minimum absolute atomic E-state index is 0.0844. The Kier molecular flexibility index (Phi) is 7.18. The zero-order valence-electron chi connectivity index (χ0n) is 17.5. The van der Waals surface area contributed by atoms with Crippen LogP contribution in [-0.2, 0) is 10.0 Å². The molecule has 0 aromatic heterocycles. The molecule has 3 rings (SSSR count). The Balaban J connectivity index is 1.70. The van der Waals surface area contributed by atoms with Crippen LogP contribution in [0.4, 0.5) is 5.69 Å². The van der Waals surface area contributed by atoms with Gasteiger partial charge in [-0.15, -0.1) is 0 Å². The van der Waals surface area contributed by atoms with Crippen molar-refractivity contribution in [3.8, 4) is 0 Å². The molecule has 1 heterocycles. The van der Waals surface area contributed by atoms with E-state index in [0.29, 0.717) is 17.2 Å². The van der Waals surface area contributed by atoms with Crippen molar-refractivity contribution < 1.29 is 13.2 Å². The van der Waals surface area contributed by atoms with Crippen LogP contribution in [0.15, 0.2) is 47.4 Å². The highest BCUT2D eigenvalue weighted by Gasteiger charge is 2.27. The third-order valence-corrected chi connectivity index (χ3v) is 7.57. The van der Waals surface area contributed by atoms with Gasteiger partial charge in [0.15, 0.2) is 0 Å². The minimum Gasteiger partial charge on any atom is -0.321 e. The molecular weight excluding hydrogens is 422 g/mol. The number of anilines is 1. The van der Waals surface area contributed by atoms with Crippen LogP contribution in [0, 0.1) is 12.8 Å². The largest absolute Gasteiger partial charge is 0.321 e. The molecule has 6 nitrogen and oxygen atoms in total. The van der Waals surface area contributed by atoms with Gasteiger partial charge in [0.05, 0.1) is 15.6 Å². The molecular formula is C22H28ClN3O3S. The first kappa shape index (κ1) is 22.7. The van der Waals surface area contributed by atoms with Crippen LogP contribution in [0.5, 0.6) is 0 Å². The summed E-state index contributed by atoms with van der Waals surface area (Å²) in [6.45, 7) is 5.70. The maximum Gasteiger partial charge on any atom is 0.255 e. The van der Waals surface area contributed by atoms with Crippen LogP contribution in [-0.4, -0.2) is 45.4 Å². The van der Waals surface area contributed by atoms with Gasteiger partial charge in [0.25, 0.3) is 5.91 Å². The Labute approximate surface area is 183 Å². The molecule has 1 amide bonds. The number of sulfonamides is 1. The van der Waals surface area contributed by atoms with E-state index in [2.05, 4.69) is 22.0 Å². The van der Waals surface area contributed by atoms with E-state index >= 15 is 0 Å². The van der Waals surface area contributed by atoms with E-state index in [1.54, 1.807) is 12.1 Å². The number of likely N-dealkylation sites (tertiary alicyclic amines) is 1. The van der Waals surface area contributed by atoms with Crippen molar-refractivity contribution in [2.24, 2.45) is 5.92 Å². The molecule has 0 aliphatic carbocycles. The van der Waals surface area contributed by atoms with Crippen LogP contribution in [0.1, 0.15) is 35.7 Å². The van der Waals surface area contributed by atoms with E-state index in [1.807, 2.05) is 26.0 Å². The average molecular weight is 450 g/mol. The molecule has 0 saturated carbocycles. The summed E-state index contributed by atoms with van der Waals surface area (Å²) in [7, 11) is -1.63. The fourth-order valence-corrected chi connectivity index (χ4v) is 5.35. The number of nitrogens with one attached hydrogen (secondary N) is 2. The van der Waals surface area contributed by atoms with Crippen molar-refractivity contribution in [3.05, 3.63) is 58.6 Å². The van der Waals surface area contributed by atoms with Crippen LogP contribution >= 0.6 is 11.6 Å². The quantitative estimate of drug-likeness (QED) is 0.700. The minimum atomic E-state index is -3.71. The Morgan fingerprint density at radius 1 is 1.17 bits per heavy atom. The number of nitrogens with zero attached hydrogens (tertiary/aromatic N) is 1. The van der Waals surface area contributed by atoms with Crippen molar-refractivity contribution in [2.45, 2.75) is 37.6 Å². The molecule has 1 aliphatic rings. The normalized spacial score (nSPS) is 16.9. The first-order chi connectivity index (χ1) is 14.2. The van der Waals surface area contributed by atoms with E-state index in [1.165, 1.54) is 18.2 Å². The highest BCUT2D eigenvalue weighted by Crippen LogP contribution is 2.27. The van der Waals surface area contributed by atoms with Crippen LogP contribution in [0.3, 0.4) is 0 Å².